The standard InChI is InChI=1S/C25H27N3O3S/c29-24-19(11-18-12-22-23(31-16-30-22)13-21(18)27-24)15-28(20-9-5-2-6-10-20)25(32)26-14-17-7-3-1-4-8-17/h1,3-4,7-8,11-13,20H,2,5-6,9-10,14-16H2,(H,26,32)(H,27,29). The van der Waals surface area contributed by atoms with Gasteiger partial charge in [0.05, 0.1) is 12.1 Å². The van der Waals surface area contributed by atoms with Gasteiger partial charge in [0.2, 0.25) is 6.79 Å². The lowest BCUT2D eigenvalue weighted by atomic mass is 9.94. The summed E-state index contributed by atoms with van der Waals surface area (Å²) in [4.78, 5) is 18.2. The topological polar surface area (TPSA) is 66.6 Å². The van der Waals surface area contributed by atoms with Crippen molar-refractivity contribution in [3.8, 4) is 11.5 Å². The van der Waals surface area contributed by atoms with E-state index < -0.39 is 0 Å². The van der Waals surface area contributed by atoms with Crippen molar-refractivity contribution in [1.29, 1.82) is 0 Å². The fraction of sp³-hybridized carbons (Fsp3) is 0.360. The van der Waals surface area contributed by atoms with Crippen LogP contribution in [0.2, 0.25) is 0 Å². The van der Waals surface area contributed by atoms with Crippen molar-refractivity contribution in [3.05, 3.63) is 70.0 Å². The van der Waals surface area contributed by atoms with Crippen molar-refractivity contribution >= 4 is 28.2 Å². The first-order valence-electron chi connectivity index (χ1n) is 11.2. The number of benzene rings is 2. The normalized spacial score (nSPS) is 15.6. The Balaban J connectivity index is 1.40. The number of thiocarbonyl (C=S) groups is 1. The molecule has 2 aromatic carbocycles. The van der Waals surface area contributed by atoms with Crippen LogP contribution in [0.4, 0.5) is 0 Å². The van der Waals surface area contributed by atoms with Crippen LogP contribution >= 0.6 is 12.2 Å². The molecule has 1 aromatic heterocycles. The molecule has 1 fully saturated rings. The summed E-state index contributed by atoms with van der Waals surface area (Å²) in [7, 11) is 0. The third-order valence-electron chi connectivity index (χ3n) is 6.32. The van der Waals surface area contributed by atoms with Crippen LogP contribution in [0.3, 0.4) is 0 Å². The number of aromatic nitrogens is 1. The number of hydrogen-bond acceptors (Lipinski definition) is 4. The Morgan fingerprint density at radius 2 is 1.81 bits per heavy atom. The number of fused-ring (bicyclic) bond motifs is 2. The van der Waals surface area contributed by atoms with Crippen molar-refractivity contribution < 1.29 is 9.47 Å². The van der Waals surface area contributed by atoms with E-state index in [0.29, 0.717) is 41.3 Å². The highest BCUT2D eigenvalue weighted by Gasteiger charge is 2.25. The number of rotatable bonds is 5. The zero-order valence-corrected chi connectivity index (χ0v) is 18.7. The number of pyridine rings is 1. The highest BCUT2D eigenvalue weighted by atomic mass is 32.1. The Labute approximate surface area is 192 Å². The molecule has 3 aromatic rings. The third-order valence-corrected chi connectivity index (χ3v) is 6.70. The maximum Gasteiger partial charge on any atom is 0.253 e. The minimum Gasteiger partial charge on any atom is -0.454 e. The predicted molar refractivity (Wildman–Crippen MR) is 129 cm³/mol. The molecular formula is C25H27N3O3S. The third kappa shape index (κ3) is 4.43. The van der Waals surface area contributed by atoms with E-state index in [1.54, 1.807) is 0 Å². The monoisotopic (exact) mass is 449 g/mol. The average Bonchev–Trinajstić information content (AvgIpc) is 3.28. The van der Waals surface area contributed by atoms with Gasteiger partial charge in [-0.2, -0.15) is 0 Å². The summed E-state index contributed by atoms with van der Waals surface area (Å²) in [6.07, 6.45) is 5.84. The van der Waals surface area contributed by atoms with Gasteiger partial charge in [-0.25, -0.2) is 0 Å². The second-order valence-electron chi connectivity index (χ2n) is 8.48. The van der Waals surface area contributed by atoms with Crippen molar-refractivity contribution in [3.63, 3.8) is 0 Å². The molecule has 0 saturated heterocycles. The first-order valence-corrected chi connectivity index (χ1v) is 11.6. The molecule has 1 aliphatic carbocycles. The molecule has 0 amide bonds. The van der Waals surface area contributed by atoms with Gasteiger partial charge < -0.3 is 24.7 Å². The van der Waals surface area contributed by atoms with Crippen molar-refractivity contribution in [2.24, 2.45) is 0 Å². The van der Waals surface area contributed by atoms with Crippen molar-refractivity contribution in [1.82, 2.24) is 15.2 Å². The molecule has 2 heterocycles. The van der Waals surface area contributed by atoms with Gasteiger partial charge in [0.15, 0.2) is 16.6 Å². The Morgan fingerprint density at radius 1 is 1.06 bits per heavy atom. The largest absolute Gasteiger partial charge is 0.454 e. The zero-order valence-electron chi connectivity index (χ0n) is 17.9. The summed E-state index contributed by atoms with van der Waals surface area (Å²) in [5.74, 6) is 1.37. The molecule has 5 rings (SSSR count). The second-order valence-corrected chi connectivity index (χ2v) is 8.87. The molecule has 0 spiro atoms. The molecule has 166 valence electrons. The summed E-state index contributed by atoms with van der Waals surface area (Å²) in [6.45, 7) is 1.35. The summed E-state index contributed by atoms with van der Waals surface area (Å²) >= 11 is 5.82. The fourth-order valence-electron chi connectivity index (χ4n) is 4.58. The molecular weight excluding hydrogens is 422 g/mol. The lowest BCUT2D eigenvalue weighted by Gasteiger charge is -2.36. The van der Waals surface area contributed by atoms with Gasteiger partial charge in [-0.1, -0.05) is 49.6 Å². The smallest absolute Gasteiger partial charge is 0.253 e. The molecule has 7 heteroatoms. The molecule has 2 aliphatic rings. The number of ether oxygens (including phenoxy) is 2. The fourth-order valence-corrected chi connectivity index (χ4v) is 4.86. The van der Waals surface area contributed by atoms with Crippen LogP contribution in [0, 0.1) is 0 Å². The minimum atomic E-state index is -0.0944. The van der Waals surface area contributed by atoms with Gasteiger partial charge in [0.1, 0.15) is 0 Å². The summed E-state index contributed by atoms with van der Waals surface area (Å²) in [5.41, 5.74) is 2.53. The van der Waals surface area contributed by atoms with E-state index in [2.05, 4.69) is 27.3 Å². The van der Waals surface area contributed by atoms with E-state index in [0.717, 1.165) is 23.7 Å². The van der Waals surface area contributed by atoms with Gasteiger partial charge in [0.25, 0.3) is 5.56 Å². The van der Waals surface area contributed by atoms with Gasteiger partial charge >= 0.3 is 0 Å². The van der Waals surface area contributed by atoms with E-state index in [-0.39, 0.29) is 12.4 Å². The second kappa shape index (κ2) is 9.20. The van der Waals surface area contributed by atoms with Crippen LogP contribution < -0.4 is 20.3 Å². The zero-order chi connectivity index (χ0) is 21.9. The molecule has 2 N–H and O–H groups in total. The lowest BCUT2D eigenvalue weighted by Crippen LogP contribution is -2.46. The van der Waals surface area contributed by atoms with Crippen LogP contribution in [0.25, 0.3) is 10.9 Å². The lowest BCUT2D eigenvalue weighted by molar-refractivity contribution is 0.174. The number of nitrogens with one attached hydrogen (secondary N) is 2. The molecule has 1 aliphatic heterocycles. The summed E-state index contributed by atoms with van der Waals surface area (Å²) < 4.78 is 10.9. The van der Waals surface area contributed by atoms with E-state index in [9.17, 15) is 4.79 Å². The van der Waals surface area contributed by atoms with E-state index in [1.165, 1.54) is 24.8 Å². The SMILES string of the molecule is O=c1[nH]c2cc3c(cc2cc1CN(C(=S)NCc1ccccc1)C1CCCCC1)OCO3. The number of hydrogen-bond donors (Lipinski definition) is 2. The molecule has 1 saturated carbocycles. The number of aromatic amines is 1. The van der Waals surface area contributed by atoms with Gasteiger partial charge in [-0.3, -0.25) is 4.79 Å². The van der Waals surface area contributed by atoms with Crippen LogP contribution in [-0.4, -0.2) is 27.8 Å². The first kappa shape index (κ1) is 20.8. The Bertz CT molecular complexity index is 1170. The maximum atomic E-state index is 12.9. The van der Waals surface area contributed by atoms with Crippen molar-refractivity contribution in [2.75, 3.05) is 6.79 Å². The molecule has 6 nitrogen and oxygen atoms in total. The Hall–Kier alpha value is -3.06. The maximum absolute atomic E-state index is 12.9. The van der Waals surface area contributed by atoms with Gasteiger partial charge in [-0.15, -0.1) is 0 Å². The molecule has 0 radical (unpaired) electrons. The number of nitrogens with zero attached hydrogens (tertiary/aromatic N) is 1. The summed E-state index contributed by atoms with van der Waals surface area (Å²) in [6, 6.07) is 16.3. The van der Waals surface area contributed by atoms with Crippen LogP contribution in [0.1, 0.15) is 43.2 Å². The number of H-pyrrole nitrogens is 1. The summed E-state index contributed by atoms with van der Waals surface area (Å²) in [5, 5.41) is 5.04. The van der Waals surface area contributed by atoms with Crippen LogP contribution in [0.15, 0.2) is 53.3 Å². The van der Waals surface area contributed by atoms with E-state index in [1.807, 2.05) is 36.4 Å². The Kier molecular flexibility index (Phi) is 5.99. The Morgan fingerprint density at radius 3 is 2.59 bits per heavy atom. The van der Waals surface area contributed by atoms with Crippen LogP contribution in [-0.2, 0) is 13.1 Å². The van der Waals surface area contributed by atoms with Gasteiger partial charge in [-0.05, 0) is 42.8 Å². The molecule has 32 heavy (non-hydrogen) atoms. The van der Waals surface area contributed by atoms with E-state index >= 15 is 0 Å². The highest BCUT2D eigenvalue weighted by Crippen LogP contribution is 2.35. The first-order chi connectivity index (χ1) is 15.7. The molecule has 0 bridgehead atoms. The average molecular weight is 450 g/mol. The van der Waals surface area contributed by atoms with E-state index in [4.69, 9.17) is 21.7 Å². The molecule has 0 atom stereocenters. The quantitative estimate of drug-likeness (QED) is 0.561. The van der Waals surface area contributed by atoms with Crippen molar-refractivity contribution in [2.45, 2.75) is 51.2 Å². The van der Waals surface area contributed by atoms with Gasteiger partial charge in [0, 0.05) is 29.6 Å². The minimum absolute atomic E-state index is 0.0944. The molecule has 0 unspecified atom stereocenters. The highest BCUT2D eigenvalue weighted by molar-refractivity contribution is 7.80. The van der Waals surface area contributed by atoms with Crippen LogP contribution in [0.5, 0.6) is 11.5 Å². The predicted octanol–water partition coefficient (Wildman–Crippen LogP) is 4.47.